The maximum absolute atomic E-state index is 12.1. The van der Waals surface area contributed by atoms with Gasteiger partial charge >= 0.3 is 5.97 Å². The number of methoxy groups -OCH3 is 1. The topological polar surface area (TPSA) is 59.0 Å². The van der Waals surface area contributed by atoms with E-state index in [0.717, 1.165) is 41.6 Å². The SMILES string of the molecule is CCOc1ccc(C(c2ccc(-c3ccccc3)cc2)N2CCCCC2C(=O)O)cc1OC. The van der Waals surface area contributed by atoms with Crippen molar-refractivity contribution in [1.29, 1.82) is 0 Å². The van der Waals surface area contributed by atoms with E-state index in [1.165, 1.54) is 0 Å². The number of hydrogen-bond acceptors (Lipinski definition) is 4. The summed E-state index contributed by atoms with van der Waals surface area (Å²) in [6.07, 6.45) is 2.57. The van der Waals surface area contributed by atoms with E-state index in [2.05, 4.69) is 41.3 Å². The summed E-state index contributed by atoms with van der Waals surface area (Å²) in [7, 11) is 1.63. The maximum Gasteiger partial charge on any atom is 0.320 e. The zero-order chi connectivity index (χ0) is 23.2. The number of rotatable bonds is 8. The fraction of sp³-hybridized carbons (Fsp3) is 0.321. The van der Waals surface area contributed by atoms with E-state index in [0.29, 0.717) is 24.5 Å². The molecule has 0 saturated carbocycles. The molecule has 0 spiro atoms. The number of carboxylic acids is 1. The number of carboxylic acid groups (broad SMARTS) is 1. The number of hydrogen-bond donors (Lipinski definition) is 1. The molecular formula is C28H31NO4. The molecular weight excluding hydrogens is 414 g/mol. The predicted molar refractivity (Wildman–Crippen MR) is 130 cm³/mol. The first-order valence-electron chi connectivity index (χ1n) is 11.6. The van der Waals surface area contributed by atoms with Gasteiger partial charge in [0.2, 0.25) is 0 Å². The van der Waals surface area contributed by atoms with Crippen molar-refractivity contribution < 1.29 is 19.4 Å². The van der Waals surface area contributed by atoms with E-state index < -0.39 is 12.0 Å². The molecule has 2 unspecified atom stereocenters. The summed E-state index contributed by atoms with van der Waals surface area (Å²) in [5.41, 5.74) is 4.35. The second-order valence-electron chi connectivity index (χ2n) is 8.32. The Morgan fingerprint density at radius 2 is 1.67 bits per heavy atom. The van der Waals surface area contributed by atoms with Gasteiger partial charge in [0.25, 0.3) is 0 Å². The molecule has 1 N–H and O–H groups in total. The summed E-state index contributed by atoms with van der Waals surface area (Å²) < 4.78 is 11.3. The number of benzene rings is 3. The third-order valence-corrected chi connectivity index (χ3v) is 6.30. The summed E-state index contributed by atoms with van der Waals surface area (Å²) >= 11 is 0. The van der Waals surface area contributed by atoms with Crippen LogP contribution in [0.15, 0.2) is 72.8 Å². The van der Waals surface area contributed by atoms with Crippen LogP contribution in [0.25, 0.3) is 11.1 Å². The van der Waals surface area contributed by atoms with Gasteiger partial charge in [0.1, 0.15) is 6.04 Å². The second-order valence-corrected chi connectivity index (χ2v) is 8.32. The van der Waals surface area contributed by atoms with Crippen LogP contribution in [0.2, 0.25) is 0 Å². The van der Waals surface area contributed by atoms with Crippen molar-refractivity contribution in [2.75, 3.05) is 20.3 Å². The molecule has 3 aromatic rings. The highest BCUT2D eigenvalue weighted by Crippen LogP contribution is 2.38. The minimum atomic E-state index is -0.765. The van der Waals surface area contributed by atoms with Gasteiger partial charge in [-0.05, 0) is 60.7 Å². The van der Waals surface area contributed by atoms with Gasteiger partial charge in [-0.2, -0.15) is 0 Å². The average molecular weight is 446 g/mol. The van der Waals surface area contributed by atoms with Crippen molar-refractivity contribution >= 4 is 5.97 Å². The first-order chi connectivity index (χ1) is 16.1. The molecule has 0 amide bonds. The van der Waals surface area contributed by atoms with Crippen LogP contribution in [0.5, 0.6) is 11.5 Å². The van der Waals surface area contributed by atoms with Gasteiger partial charge in [0.05, 0.1) is 19.8 Å². The molecule has 1 fully saturated rings. The molecule has 4 rings (SSSR count). The lowest BCUT2D eigenvalue weighted by molar-refractivity contribution is -0.145. The fourth-order valence-corrected chi connectivity index (χ4v) is 4.72. The maximum atomic E-state index is 12.1. The molecule has 1 saturated heterocycles. The van der Waals surface area contributed by atoms with Gasteiger partial charge in [-0.25, -0.2) is 0 Å². The Bertz CT molecular complexity index is 1070. The summed E-state index contributed by atoms with van der Waals surface area (Å²) in [4.78, 5) is 14.3. The van der Waals surface area contributed by atoms with Gasteiger partial charge < -0.3 is 14.6 Å². The minimum Gasteiger partial charge on any atom is -0.493 e. The third kappa shape index (κ3) is 5.04. The summed E-state index contributed by atoms with van der Waals surface area (Å²) in [5, 5.41) is 9.97. The highest BCUT2D eigenvalue weighted by atomic mass is 16.5. The second kappa shape index (κ2) is 10.5. The highest BCUT2D eigenvalue weighted by Gasteiger charge is 2.35. The largest absolute Gasteiger partial charge is 0.493 e. The quantitative estimate of drug-likeness (QED) is 0.476. The van der Waals surface area contributed by atoms with E-state index in [9.17, 15) is 9.90 Å². The van der Waals surface area contributed by atoms with Crippen LogP contribution in [0.1, 0.15) is 43.4 Å². The van der Waals surface area contributed by atoms with Crippen LogP contribution in [-0.2, 0) is 4.79 Å². The Balaban J connectivity index is 1.77. The van der Waals surface area contributed by atoms with Crippen molar-refractivity contribution in [3.05, 3.63) is 83.9 Å². The van der Waals surface area contributed by atoms with E-state index in [1.54, 1.807) is 7.11 Å². The zero-order valence-corrected chi connectivity index (χ0v) is 19.2. The molecule has 5 nitrogen and oxygen atoms in total. The van der Waals surface area contributed by atoms with Crippen molar-refractivity contribution in [1.82, 2.24) is 4.90 Å². The molecule has 5 heteroatoms. The van der Waals surface area contributed by atoms with E-state index >= 15 is 0 Å². The highest BCUT2D eigenvalue weighted by molar-refractivity contribution is 5.74. The monoisotopic (exact) mass is 445 g/mol. The Kier molecular flexibility index (Phi) is 7.30. The number of piperidine rings is 1. The summed E-state index contributed by atoms with van der Waals surface area (Å²) in [6, 6.07) is 23.9. The summed E-state index contributed by atoms with van der Waals surface area (Å²) in [6.45, 7) is 3.22. The molecule has 0 radical (unpaired) electrons. The molecule has 0 aromatic heterocycles. The third-order valence-electron chi connectivity index (χ3n) is 6.30. The van der Waals surface area contributed by atoms with Gasteiger partial charge in [-0.15, -0.1) is 0 Å². The van der Waals surface area contributed by atoms with Crippen LogP contribution >= 0.6 is 0 Å². The Hall–Kier alpha value is -3.31. The lowest BCUT2D eigenvalue weighted by Gasteiger charge is -2.39. The minimum absolute atomic E-state index is 0.194. The predicted octanol–water partition coefficient (Wildman–Crippen LogP) is 5.79. The number of likely N-dealkylation sites (tertiary alicyclic amines) is 1. The molecule has 3 aromatic carbocycles. The Labute approximate surface area is 195 Å². The Morgan fingerprint density at radius 3 is 2.33 bits per heavy atom. The smallest absolute Gasteiger partial charge is 0.320 e. The van der Waals surface area contributed by atoms with E-state index in [-0.39, 0.29) is 6.04 Å². The van der Waals surface area contributed by atoms with Crippen molar-refractivity contribution in [2.45, 2.75) is 38.3 Å². The normalized spacial score (nSPS) is 17.3. The molecule has 1 aliphatic heterocycles. The average Bonchev–Trinajstić information content (AvgIpc) is 2.86. The van der Waals surface area contributed by atoms with Crippen LogP contribution < -0.4 is 9.47 Å². The number of aliphatic carboxylic acids is 1. The first kappa shape index (κ1) is 22.9. The zero-order valence-electron chi connectivity index (χ0n) is 19.2. The van der Waals surface area contributed by atoms with Gasteiger partial charge in [-0.1, -0.05) is 67.1 Å². The van der Waals surface area contributed by atoms with Gasteiger partial charge in [0, 0.05) is 0 Å². The van der Waals surface area contributed by atoms with Crippen molar-refractivity contribution in [3.8, 4) is 22.6 Å². The molecule has 0 bridgehead atoms. The Morgan fingerprint density at radius 1 is 0.970 bits per heavy atom. The van der Waals surface area contributed by atoms with Crippen LogP contribution in [-0.4, -0.2) is 42.3 Å². The molecule has 33 heavy (non-hydrogen) atoms. The molecule has 0 aliphatic carbocycles. The number of carbonyl (C=O) groups is 1. The summed E-state index contributed by atoms with van der Waals surface area (Å²) in [5.74, 6) is 0.581. The number of ether oxygens (including phenoxy) is 2. The van der Waals surface area contributed by atoms with Gasteiger partial charge in [-0.3, -0.25) is 9.69 Å². The van der Waals surface area contributed by atoms with Crippen molar-refractivity contribution in [2.24, 2.45) is 0 Å². The molecule has 2 atom stereocenters. The van der Waals surface area contributed by atoms with Crippen LogP contribution in [0, 0.1) is 0 Å². The molecule has 1 heterocycles. The van der Waals surface area contributed by atoms with Gasteiger partial charge in [0.15, 0.2) is 11.5 Å². The first-order valence-corrected chi connectivity index (χ1v) is 11.6. The molecule has 172 valence electrons. The lowest BCUT2D eigenvalue weighted by Crippen LogP contribution is -2.46. The van der Waals surface area contributed by atoms with Crippen molar-refractivity contribution in [3.63, 3.8) is 0 Å². The molecule has 1 aliphatic rings. The standard InChI is InChI=1S/C28H31NO4/c1-3-33-25-17-16-23(19-26(25)32-2)27(29-18-8-7-11-24(29)28(30)31)22-14-12-21(13-15-22)20-9-5-4-6-10-20/h4-6,9-10,12-17,19,24,27H,3,7-8,11,18H2,1-2H3,(H,30,31). The van der Waals surface area contributed by atoms with Crippen LogP contribution in [0.3, 0.4) is 0 Å². The lowest BCUT2D eigenvalue weighted by atomic mass is 9.90. The fourth-order valence-electron chi connectivity index (χ4n) is 4.72. The van der Waals surface area contributed by atoms with Crippen LogP contribution in [0.4, 0.5) is 0 Å². The van der Waals surface area contributed by atoms with E-state index in [1.807, 2.05) is 43.3 Å². The number of nitrogens with zero attached hydrogens (tertiary/aromatic N) is 1. The van der Waals surface area contributed by atoms with E-state index in [4.69, 9.17) is 9.47 Å².